The quantitative estimate of drug-likeness (QED) is 0.0496. The molecule has 2 fully saturated rings. The lowest BCUT2D eigenvalue weighted by Crippen LogP contribution is -2.62. The monoisotopic (exact) mass is 1260 g/mol. The Kier molecular flexibility index (Phi) is 20.9. The van der Waals surface area contributed by atoms with Gasteiger partial charge in [-0.1, -0.05) is 100 Å². The molecule has 0 spiro atoms. The molecule has 6 amide bonds. The number of hydrogen-bond donors (Lipinski definition) is 0. The highest BCUT2D eigenvalue weighted by Crippen LogP contribution is 2.50. The van der Waals surface area contributed by atoms with Gasteiger partial charge < -0.3 is 29.1 Å². The van der Waals surface area contributed by atoms with Gasteiger partial charge in [-0.2, -0.15) is 0 Å². The summed E-state index contributed by atoms with van der Waals surface area (Å²) in [5.74, 6) is -2.33. The van der Waals surface area contributed by atoms with Crippen LogP contribution in [0.2, 0.25) is 0 Å². The summed E-state index contributed by atoms with van der Waals surface area (Å²) in [6.07, 6.45) is 10.2. The second-order valence-corrected chi connectivity index (χ2v) is 25.8. The van der Waals surface area contributed by atoms with Gasteiger partial charge in [0, 0.05) is 88.6 Å². The predicted octanol–water partition coefficient (Wildman–Crippen LogP) is 12.3. The first-order chi connectivity index (χ1) is 43.0. The molecule has 2 saturated heterocycles. The van der Waals surface area contributed by atoms with Crippen molar-refractivity contribution in [2.24, 2.45) is 0 Å². The fourth-order valence-corrected chi connectivity index (χ4v) is 12.0. The molecule has 8 rings (SSSR count). The number of nitro groups is 2. The van der Waals surface area contributed by atoms with Crippen LogP contribution in [0.5, 0.6) is 0 Å². The first kappa shape index (κ1) is 67.2. The number of piperazine rings is 2. The molecule has 0 aliphatic carbocycles. The first-order valence-electron chi connectivity index (χ1n) is 29.8. The van der Waals surface area contributed by atoms with Crippen LogP contribution in [0.25, 0.3) is 34.4 Å². The van der Waals surface area contributed by atoms with Gasteiger partial charge in [0.1, 0.15) is 23.3 Å². The van der Waals surface area contributed by atoms with E-state index in [0.29, 0.717) is 22.5 Å². The zero-order chi connectivity index (χ0) is 66.2. The Balaban J connectivity index is 1.18. The topological polar surface area (TPSA) is 252 Å². The summed E-state index contributed by atoms with van der Waals surface area (Å²) in [6.45, 7) is 17.6. The van der Waals surface area contributed by atoms with Gasteiger partial charge in [0.05, 0.1) is 43.9 Å². The average Bonchev–Trinajstić information content (AvgIpc) is 1.16. The first-order valence-corrected chi connectivity index (χ1v) is 30.6. The number of benzene rings is 4. The zero-order valence-electron chi connectivity index (χ0n) is 53.2. The summed E-state index contributed by atoms with van der Waals surface area (Å²) in [6, 6.07) is 24.8. The lowest BCUT2D eigenvalue weighted by Gasteiger charge is -2.41. The van der Waals surface area contributed by atoms with Crippen LogP contribution in [-0.4, -0.2) is 152 Å². The SMILES string of the molecule is CC(C)c1ccccc1-c1c(/C=C/C(=O)N2CCN(C(=O)OC(C)(C)C)C(C(=O)N(C)c3ccncc3)C2)ccc(Sc2ccc(/C=C/C(=O)N3CCN(C(=O)OC(C)(C)C)C(C(=O)N(C)c4ccncc4)C3)c(-c3ccccc3C(C)C)c2[N+](=O)[O-])c1[N+](=O)[O-]. The van der Waals surface area contributed by atoms with E-state index in [-0.39, 0.29) is 94.5 Å². The van der Waals surface area contributed by atoms with Gasteiger partial charge in [0.25, 0.3) is 23.2 Å². The number of carbonyl (C=O) groups excluding carboxylic acids is 6. The van der Waals surface area contributed by atoms with Gasteiger partial charge in [0.15, 0.2) is 0 Å². The van der Waals surface area contributed by atoms with E-state index in [1.807, 2.05) is 52.0 Å². The van der Waals surface area contributed by atoms with Crippen LogP contribution in [0.15, 0.2) is 144 Å². The van der Waals surface area contributed by atoms with E-state index in [4.69, 9.17) is 9.47 Å². The van der Waals surface area contributed by atoms with E-state index in [2.05, 4.69) is 9.97 Å². The van der Waals surface area contributed by atoms with Gasteiger partial charge in [0.2, 0.25) is 11.8 Å². The summed E-state index contributed by atoms with van der Waals surface area (Å²) in [7, 11) is 3.12. The molecule has 2 aliphatic rings. The third-order valence-corrected chi connectivity index (χ3v) is 16.5. The maximum Gasteiger partial charge on any atom is 0.411 e. The molecule has 2 unspecified atom stereocenters. The van der Waals surface area contributed by atoms with Crippen LogP contribution in [0.1, 0.15) is 103 Å². The third-order valence-electron chi connectivity index (χ3n) is 15.4. The van der Waals surface area contributed by atoms with E-state index in [1.54, 1.807) is 116 Å². The predicted molar refractivity (Wildman–Crippen MR) is 349 cm³/mol. The lowest BCUT2D eigenvalue weighted by molar-refractivity contribution is -0.387. The molecule has 2 aromatic heterocycles. The maximum absolute atomic E-state index is 14.4. The number of hydrogen-bond acceptors (Lipinski definition) is 15. The van der Waals surface area contributed by atoms with Crippen molar-refractivity contribution in [3.8, 4) is 22.3 Å². The van der Waals surface area contributed by atoms with E-state index in [0.717, 1.165) is 22.9 Å². The van der Waals surface area contributed by atoms with Crippen LogP contribution in [0.4, 0.5) is 32.3 Å². The Morgan fingerprint density at radius 1 is 0.549 bits per heavy atom. The molecule has 23 heteroatoms. The van der Waals surface area contributed by atoms with Gasteiger partial charge in [-0.25, -0.2) is 9.59 Å². The van der Waals surface area contributed by atoms with Crippen LogP contribution in [-0.2, 0) is 28.7 Å². The normalized spacial score (nSPS) is 15.5. The Labute approximate surface area is 533 Å². The van der Waals surface area contributed by atoms with Gasteiger partial charge in [-0.05, 0) is 135 Å². The summed E-state index contributed by atoms with van der Waals surface area (Å²) in [5, 5.41) is 27.7. The number of pyridine rings is 2. The molecule has 2 aliphatic heterocycles. The highest BCUT2D eigenvalue weighted by atomic mass is 32.2. The second-order valence-electron chi connectivity index (χ2n) is 24.7. The maximum atomic E-state index is 14.4. The van der Waals surface area contributed by atoms with Crippen LogP contribution in [0.3, 0.4) is 0 Å². The summed E-state index contributed by atoms with van der Waals surface area (Å²) in [5.41, 5.74) is 1.83. The van der Waals surface area contributed by atoms with E-state index < -0.39 is 68.9 Å². The van der Waals surface area contributed by atoms with Gasteiger partial charge in [-0.3, -0.25) is 59.2 Å². The van der Waals surface area contributed by atoms with Crippen molar-refractivity contribution in [1.82, 2.24) is 29.6 Å². The minimum Gasteiger partial charge on any atom is -0.444 e. The molecule has 0 N–H and O–H groups in total. The van der Waals surface area contributed by atoms with Crippen molar-refractivity contribution in [3.63, 3.8) is 0 Å². The largest absolute Gasteiger partial charge is 0.444 e. The van der Waals surface area contributed by atoms with E-state index in [1.165, 1.54) is 90.6 Å². The summed E-state index contributed by atoms with van der Waals surface area (Å²) < 4.78 is 11.4. The highest BCUT2D eigenvalue weighted by molar-refractivity contribution is 7.99. The number of aromatic nitrogens is 2. The standard InChI is InChI=1S/C68H76N10O12S/c1-43(2)49-17-13-15-19-51(49)59-45(23-27-57(79)73-37-39-75(65(83)89-67(5,6)7)53(41-73)63(81)71(11)47-29-33-69-34-30-47)21-25-55(61(59)77(85)86)91-56-26-22-46(60(62(56)78(87)88)52-20-16-14-18-50(52)44(3)4)24-28-58(80)74-38-40-76(66(84)90-68(8,9)10)54(42-74)64(82)72(12)48-31-35-70-36-32-48/h13-36,43-44,53-54H,37-42H2,1-12H3/b27-23+,28-24+. The molecule has 0 saturated carbocycles. The van der Waals surface area contributed by atoms with Gasteiger partial charge in [-0.15, -0.1) is 0 Å². The van der Waals surface area contributed by atoms with Crippen LogP contribution < -0.4 is 9.80 Å². The molecule has 4 heterocycles. The number of nitro benzene ring substituents is 2. The Morgan fingerprint density at radius 3 is 1.23 bits per heavy atom. The molecule has 22 nitrogen and oxygen atoms in total. The number of ether oxygens (including phenoxy) is 2. The number of likely N-dealkylation sites (N-methyl/N-ethyl adjacent to an activating group) is 2. The third kappa shape index (κ3) is 15.8. The van der Waals surface area contributed by atoms with E-state index in [9.17, 15) is 49.0 Å². The number of rotatable bonds is 16. The van der Waals surface area contributed by atoms with Gasteiger partial charge >= 0.3 is 12.2 Å². The fraction of sp³-hybridized carbons (Fsp3) is 0.353. The van der Waals surface area contributed by atoms with Crippen molar-refractivity contribution < 1.29 is 48.1 Å². The summed E-state index contributed by atoms with van der Waals surface area (Å²) in [4.78, 5) is 128. The number of anilines is 2. The van der Waals surface area contributed by atoms with Crippen LogP contribution >= 0.6 is 11.8 Å². The average molecular weight is 1260 g/mol. The van der Waals surface area contributed by atoms with Crippen molar-refractivity contribution in [1.29, 1.82) is 0 Å². The number of amides is 6. The Hall–Kier alpha value is -9.77. The summed E-state index contributed by atoms with van der Waals surface area (Å²) >= 11 is 0.828. The van der Waals surface area contributed by atoms with Crippen molar-refractivity contribution in [2.75, 3.05) is 63.2 Å². The van der Waals surface area contributed by atoms with Crippen molar-refractivity contribution >= 4 is 82.5 Å². The molecule has 6 aromatic rings. The Morgan fingerprint density at radius 2 is 0.901 bits per heavy atom. The number of carbonyl (C=O) groups is 6. The molecular formula is C68H76N10O12S. The molecule has 0 radical (unpaired) electrons. The second kappa shape index (κ2) is 28.4. The molecular weight excluding hydrogens is 1180 g/mol. The number of nitrogens with zero attached hydrogens (tertiary/aromatic N) is 10. The molecule has 4 aromatic carbocycles. The molecule has 2 atom stereocenters. The molecule has 476 valence electrons. The van der Waals surface area contributed by atoms with E-state index >= 15 is 0 Å². The van der Waals surface area contributed by atoms with Crippen LogP contribution in [0, 0.1) is 20.2 Å². The molecule has 0 bridgehead atoms. The zero-order valence-corrected chi connectivity index (χ0v) is 54.0. The minimum atomic E-state index is -1.15. The fourth-order valence-electron chi connectivity index (χ4n) is 11.0. The highest BCUT2D eigenvalue weighted by Gasteiger charge is 2.42. The smallest absolute Gasteiger partial charge is 0.411 e. The minimum absolute atomic E-state index is 0.0284. The Bertz CT molecular complexity index is 3560. The van der Waals surface area contributed by atoms with Crippen molar-refractivity contribution in [3.05, 3.63) is 176 Å². The molecule has 91 heavy (non-hydrogen) atoms. The lowest BCUT2D eigenvalue weighted by atomic mass is 9.89. The van der Waals surface area contributed by atoms with Crippen molar-refractivity contribution in [2.45, 2.75) is 114 Å².